The van der Waals surface area contributed by atoms with Gasteiger partial charge < -0.3 is 13.4 Å². The maximum atomic E-state index is 6.80. The molecule has 4 heterocycles. The SMILES string of the molecule is c1ccc(-c2cc(-c3ccccc3)c3oc4cccc(-c5nc(-c6ccc7c8ccccc8n(-c8ccccc8)c7c6)c6oc7ccccc7c6n5)c4c3c2)cc1. The minimum absolute atomic E-state index is 0.604. The Balaban J connectivity index is 1.15. The summed E-state index contributed by atoms with van der Waals surface area (Å²) < 4.78 is 15.8. The van der Waals surface area contributed by atoms with Gasteiger partial charge in [0.25, 0.3) is 0 Å². The molecule has 5 heteroatoms. The van der Waals surface area contributed by atoms with E-state index in [-0.39, 0.29) is 0 Å². The predicted octanol–water partition coefficient (Wildman–Crippen LogP) is 14.0. The molecule has 266 valence electrons. The minimum Gasteiger partial charge on any atom is -0.455 e. The van der Waals surface area contributed by atoms with Crippen molar-refractivity contribution in [1.82, 2.24) is 14.5 Å². The van der Waals surface area contributed by atoms with Gasteiger partial charge in [-0.3, -0.25) is 0 Å². The summed E-state index contributed by atoms with van der Waals surface area (Å²) in [5, 5.41) is 5.30. The third-order valence-electron chi connectivity index (χ3n) is 11.2. The number of para-hydroxylation sites is 3. The maximum absolute atomic E-state index is 6.80. The van der Waals surface area contributed by atoms with Crippen molar-refractivity contribution in [1.29, 1.82) is 0 Å². The van der Waals surface area contributed by atoms with Crippen molar-refractivity contribution in [3.05, 3.63) is 188 Å². The minimum atomic E-state index is 0.604. The molecule has 57 heavy (non-hydrogen) atoms. The van der Waals surface area contributed by atoms with Crippen molar-refractivity contribution < 1.29 is 8.83 Å². The highest BCUT2D eigenvalue weighted by Crippen LogP contribution is 2.44. The number of rotatable bonds is 5. The van der Waals surface area contributed by atoms with Crippen LogP contribution in [0.5, 0.6) is 0 Å². The molecular formula is C52H31N3O2. The van der Waals surface area contributed by atoms with E-state index in [0.717, 1.165) is 94.2 Å². The average Bonchev–Trinajstić information content (AvgIpc) is 3.96. The molecule has 0 radical (unpaired) electrons. The molecule has 0 aliphatic rings. The quantitative estimate of drug-likeness (QED) is 0.177. The molecule has 0 aliphatic heterocycles. The fraction of sp³-hybridized carbons (Fsp3) is 0. The van der Waals surface area contributed by atoms with E-state index in [4.69, 9.17) is 18.8 Å². The van der Waals surface area contributed by atoms with Crippen LogP contribution in [0, 0.1) is 0 Å². The largest absolute Gasteiger partial charge is 0.455 e. The third-order valence-corrected chi connectivity index (χ3v) is 11.2. The second kappa shape index (κ2) is 12.4. The summed E-state index contributed by atoms with van der Waals surface area (Å²) in [6.07, 6.45) is 0. The molecule has 0 spiro atoms. The van der Waals surface area contributed by atoms with Crippen molar-refractivity contribution >= 4 is 65.8 Å². The fourth-order valence-electron chi connectivity index (χ4n) is 8.62. The Bertz CT molecular complexity index is 3510. The highest BCUT2D eigenvalue weighted by atomic mass is 16.3. The molecule has 0 saturated heterocycles. The Labute approximate surface area is 326 Å². The van der Waals surface area contributed by atoms with E-state index >= 15 is 0 Å². The van der Waals surface area contributed by atoms with Crippen molar-refractivity contribution in [3.63, 3.8) is 0 Å². The maximum Gasteiger partial charge on any atom is 0.180 e. The summed E-state index contributed by atoms with van der Waals surface area (Å²) in [4.78, 5) is 10.8. The summed E-state index contributed by atoms with van der Waals surface area (Å²) in [5.41, 5.74) is 14.1. The highest BCUT2D eigenvalue weighted by molar-refractivity contribution is 6.17. The van der Waals surface area contributed by atoms with E-state index in [0.29, 0.717) is 11.4 Å². The molecule has 0 fully saturated rings. The summed E-state index contributed by atoms with van der Waals surface area (Å²) in [6, 6.07) is 65.5. The van der Waals surface area contributed by atoms with Crippen molar-refractivity contribution in [2.75, 3.05) is 0 Å². The van der Waals surface area contributed by atoms with E-state index in [1.54, 1.807) is 0 Å². The number of benzene rings is 8. The summed E-state index contributed by atoms with van der Waals surface area (Å²) in [7, 11) is 0. The van der Waals surface area contributed by atoms with Crippen LogP contribution >= 0.6 is 0 Å². The molecule has 12 aromatic rings. The normalized spacial score (nSPS) is 11.9. The zero-order valence-corrected chi connectivity index (χ0v) is 30.6. The van der Waals surface area contributed by atoms with Crippen LogP contribution in [0.1, 0.15) is 0 Å². The van der Waals surface area contributed by atoms with Crippen LogP contribution in [0.4, 0.5) is 0 Å². The van der Waals surface area contributed by atoms with Crippen LogP contribution in [0.15, 0.2) is 197 Å². The lowest BCUT2D eigenvalue weighted by Crippen LogP contribution is -1.96. The molecule has 0 atom stereocenters. The van der Waals surface area contributed by atoms with Gasteiger partial charge in [0, 0.05) is 49.3 Å². The Kier molecular flexibility index (Phi) is 6.86. The van der Waals surface area contributed by atoms with Crippen LogP contribution < -0.4 is 0 Å². The van der Waals surface area contributed by atoms with Gasteiger partial charge in [-0.2, -0.15) is 0 Å². The molecule has 12 rings (SSSR count). The van der Waals surface area contributed by atoms with E-state index in [2.05, 4.69) is 156 Å². The first-order valence-corrected chi connectivity index (χ1v) is 19.2. The van der Waals surface area contributed by atoms with Crippen LogP contribution in [0.3, 0.4) is 0 Å². The summed E-state index contributed by atoms with van der Waals surface area (Å²) >= 11 is 0. The molecular weight excluding hydrogens is 699 g/mol. The van der Waals surface area contributed by atoms with Crippen molar-refractivity contribution in [3.8, 4) is 50.6 Å². The number of furan rings is 2. The molecule has 0 unspecified atom stereocenters. The second-order valence-electron chi connectivity index (χ2n) is 14.5. The Hall–Kier alpha value is -7.76. The predicted molar refractivity (Wildman–Crippen MR) is 233 cm³/mol. The van der Waals surface area contributed by atoms with Crippen LogP contribution in [-0.2, 0) is 0 Å². The second-order valence-corrected chi connectivity index (χ2v) is 14.5. The number of fused-ring (bicyclic) bond motifs is 9. The zero-order chi connectivity index (χ0) is 37.5. The third kappa shape index (κ3) is 4.89. The van der Waals surface area contributed by atoms with Crippen molar-refractivity contribution in [2.45, 2.75) is 0 Å². The van der Waals surface area contributed by atoms with E-state index in [9.17, 15) is 0 Å². The lowest BCUT2D eigenvalue weighted by Gasteiger charge is -2.10. The van der Waals surface area contributed by atoms with Gasteiger partial charge in [0.05, 0.1) is 11.0 Å². The van der Waals surface area contributed by atoms with Crippen LogP contribution in [0.25, 0.3) is 116 Å². The average molecular weight is 730 g/mol. The molecule has 0 aliphatic carbocycles. The van der Waals surface area contributed by atoms with E-state index in [1.165, 1.54) is 10.8 Å². The number of nitrogens with zero attached hydrogens (tertiary/aromatic N) is 3. The van der Waals surface area contributed by atoms with Gasteiger partial charge in [-0.1, -0.05) is 133 Å². The van der Waals surface area contributed by atoms with E-state index < -0.39 is 0 Å². The summed E-state index contributed by atoms with van der Waals surface area (Å²) in [5.74, 6) is 0.604. The van der Waals surface area contributed by atoms with Gasteiger partial charge in [0.2, 0.25) is 0 Å². The first-order chi connectivity index (χ1) is 28.3. The molecule has 0 saturated carbocycles. The molecule has 0 N–H and O–H groups in total. The Morgan fingerprint density at radius 1 is 0.386 bits per heavy atom. The van der Waals surface area contributed by atoms with Gasteiger partial charge in [-0.05, 0) is 71.3 Å². The standard InChI is InChI=1S/C52H31N3O2/c1-4-15-32(16-5-1)35-29-41(33-17-6-2-7-18-33)50-42(30-35)47-40(23-14-26-46(47)57-50)52-53-48(51-49(54-52)39-22-11-13-25-45(39)56-51)34-27-28-38-37-21-10-12-24-43(37)55(44(38)31-34)36-19-8-3-9-20-36/h1-31H. The van der Waals surface area contributed by atoms with Gasteiger partial charge >= 0.3 is 0 Å². The number of hydrogen-bond donors (Lipinski definition) is 0. The van der Waals surface area contributed by atoms with Crippen LogP contribution in [-0.4, -0.2) is 14.5 Å². The van der Waals surface area contributed by atoms with Gasteiger partial charge in [0.1, 0.15) is 28.0 Å². The van der Waals surface area contributed by atoms with Crippen LogP contribution in [0.2, 0.25) is 0 Å². The topological polar surface area (TPSA) is 57.0 Å². The number of aromatic nitrogens is 3. The molecule has 4 aromatic heterocycles. The molecule has 5 nitrogen and oxygen atoms in total. The lowest BCUT2D eigenvalue weighted by atomic mass is 9.95. The monoisotopic (exact) mass is 729 g/mol. The smallest absolute Gasteiger partial charge is 0.180 e. The number of hydrogen-bond acceptors (Lipinski definition) is 4. The van der Waals surface area contributed by atoms with Gasteiger partial charge in [-0.25, -0.2) is 9.97 Å². The zero-order valence-electron chi connectivity index (χ0n) is 30.6. The summed E-state index contributed by atoms with van der Waals surface area (Å²) in [6.45, 7) is 0. The Morgan fingerprint density at radius 3 is 1.88 bits per heavy atom. The van der Waals surface area contributed by atoms with Gasteiger partial charge in [0.15, 0.2) is 11.4 Å². The molecule has 0 bridgehead atoms. The first kappa shape index (κ1) is 31.6. The molecule has 8 aromatic carbocycles. The Morgan fingerprint density at radius 2 is 1.05 bits per heavy atom. The lowest BCUT2D eigenvalue weighted by molar-refractivity contribution is 0.667. The first-order valence-electron chi connectivity index (χ1n) is 19.2. The molecule has 0 amide bonds. The van der Waals surface area contributed by atoms with Gasteiger partial charge in [-0.15, -0.1) is 0 Å². The highest BCUT2D eigenvalue weighted by Gasteiger charge is 2.23. The van der Waals surface area contributed by atoms with E-state index in [1.807, 2.05) is 36.4 Å². The fourth-order valence-corrected chi connectivity index (χ4v) is 8.62. The van der Waals surface area contributed by atoms with Crippen molar-refractivity contribution in [2.24, 2.45) is 0 Å².